The second-order valence-electron chi connectivity index (χ2n) is 7.78. The molecule has 0 spiro atoms. The Labute approximate surface area is 170 Å². The van der Waals surface area contributed by atoms with Gasteiger partial charge in [-0.15, -0.1) is 0 Å². The predicted octanol–water partition coefficient (Wildman–Crippen LogP) is 4.40. The zero-order valence-electron chi connectivity index (χ0n) is 17.0. The van der Waals surface area contributed by atoms with Gasteiger partial charge in [-0.05, 0) is 60.7 Å². The van der Waals surface area contributed by atoms with Crippen molar-refractivity contribution in [3.05, 3.63) is 59.5 Å². The van der Waals surface area contributed by atoms with E-state index < -0.39 is 5.82 Å². The number of hydrogen-bond acceptors (Lipinski definition) is 3. The van der Waals surface area contributed by atoms with E-state index in [1.165, 1.54) is 17.0 Å². The highest BCUT2D eigenvalue weighted by atomic mass is 19.1. The Morgan fingerprint density at radius 2 is 1.93 bits per heavy atom. The lowest BCUT2D eigenvalue weighted by molar-refractivity contribution is 0.0708. The molecule has 29 heavy (non-hydrogen) atoms. The molecule has 6 heteroatoms. The second kappa shape index (κ2) is 7.78. The third-order valence-corrected chi connectivity index (χ3v) is 5.84. The largest absolute Gasteiger partial charge is 0.497 e. The molecule has 0 saturated carbocycles. The van der Waals surface area contributed by atoms with Gasteiger partial charge in [0.05, 0.1) is 12.7 Å². The van der Waals surface area contributed by atoms with Crippen LogP contribution in [0, 0.1) is 5.82 Å². The summed E-state index contributed by atoms with van der Waals surface area (Å²) in [6.45, 7) is 1.24. The minimum Gasteiger partial charge on any atom is -0.497 e. The number of H-pyrrole nitrogens is 1. The van der Waals surface area contributed by atoms with Gasteiger partial charge < -0.3 is 19.5 Å². The van der Waals surface area contributed by atoms with Crippen molar-refractivity contribution in [2.45, 2.75) is 18.8 Å². The van der Waals surface area contributed by atoms with Crippen molar-refractivity contribution < 1.29 is 13.9 Å². The number of benzene rings is 2. The number of hydrogen-bond donors (Lipinski definition) is 1. The molecule has 0 bridgehead atoms. The fourth-order valence-corrected chi connectivity index (χ4v) is 4.11. The second-order valence-corrected chi connectivity index (χ2v) is 7.78. The molecule has 0 aliphatic carbocycles. The number of anilines is 1. The molecule has 1 aromatic heterocycles. The van der Waals surface area contributed by atoms with Crippen LogP contribution in [0.4, 0.5) is 10.1 Å². The van der Waals surface area contributed by atoms with Crippen LogP contribution >= 0.6 is 0 Å². The summed E-state index contributed by atoms with van der Waals surface area (Å²) in [6.07, 6.45) is 3.77. The lowest BCUT2D eigenvalue weighted by Crippen LogP contribution is -2.38. The summed E-state index contributed by atoms with van der Waals surface area (Å²) in [5, 5.41) is 1.17. The predicted molar refractivity (Wildman–Crippen MR) is 113 cm³/mol. The van der Waals surface area contributed by atoms with E-state index in [-0.39, 0.29) is 11.5 Å². The fourth-order valence-electron chi connectivity index (χ4n) is 4.11. The molecule has 1 aliphatic heterocycles. The van der Waals surface area contributed by atoms with E-state index in [1.807, 2.05) is 31.1 Å². The zero-order chi connectivity index (χ0) is 20.5. The first-order chi connectivity index (χ1) is 14.0. The number of ether oxygens (including phenoxy) is 1. The summed E-state index contributed by atoms with van der Waals surface area (Å²) < 4.78 is 19.8. The quantitative estimate of drug-likeness (QED) is 0.712. The number of likely N-dealkylation sites (tertiary alicyclic amines) is 1. The normalized spacial score (nSPS) is 15.0. The smallest absolute Gasteiger partial charge is 0.256 e. The first-order valence-corrected chi connectivity index (χ1v) is 9.89. The third-order valence-electron chi connectivity index (χ3n) is 5.84. The van der Waals surface area contributed by atoms with E-state index in [4.69, 9.17) is 4.74 Å². The molecule has 1 aliphatic rings. The molecule has 2 heterocycles. The number of methoxy groups -OCH3 is 1. The average Bonchev–Trinajstić information content (AvgIpc) is 3.16. The van der Waals surface area contributed by atoms with E-state index >= 15 is 0 Å². The van der Waals surface area contributed by atoms with E-state index in [2.05, 4.69) is 17.2 Å². The van der Waals surface area contributed by atoms with Crippen LogP contribution in [-0.4, -0.2) is 50.1 Å². The molecule has 4 rings (SSSR count). The van der Waals surface area contributed by atoms with Crippen molar-refractivity contribution in [2.24, 2.45) is 0 Å². The van der Waals surface area contributed by atoms with Crippen LogP contribution in [0.3, 0.4) is 0 Å². The maximum atomic E-state index is 14.5. The lowest BCUT2D eigenvalue weighted by Gasteiger charge is -2.32. The molecular formula is C23H26FN3O2. The maximum absolute atomic E-state index is 14.5. The Balaban J connectivity index is 1.48. The number of carbonyl (C=O) groups is 1. The van der Waals surface area contributed by atoms with E-state index in [0.29, 0.717) is 19.0 Å². The van der Waals surface area contributed by atoms with Gasteiger partial charge in [0.1, 0.15) is 11.6 Å². The van der Waals surface area contributed by atoms with E-state index in [9.17, 15) is 9.18 Å². The number of nitrogens with one attached hydrogen (secondary N) is 1. The number of aromatic amines is 1. The van der Waals surface area contributed by atoms with Crippen LogP contribution in [0.15, 0.2) is 42.6 Å². The van der Waals surface area contributed by atoms with Crippen molar-refractivity contribution in [2.75, 3.05) is 39.2 Å². The van der Waals surface area contributed by atoms with Gasteiger partial charge in [0.25, 0.3) is 5.91 Å². The molecule has 5 nitrogen and oxygen atoms in total. The van der Waals surface area contributed by atoms with Gasteiger partial charge in [-0.1, -0.05) is 0 Å². The molecule has 0 atom stereocenters. The van der Waals surface area contributed by atoms with Gasteiger partial charge in [-0.2, -0.15) is 0 Å². The van der Waals surface area contributed by atoms with Gasteiger partial charge in [0.15, 0.2) is 0 Å². The number of halogens is 1. The maximum Gasteiger partial charge on any atom is 0.256 e. The zero-order valence-corrected chi connectivity index (χ0v) is 17.0. The van der Waals surface area contributed by atoms with Crippen LogP contribution in [0.2, 0.25) is 0 Å². The lowest BCUT2D eigenvalue weighted by atomic mass is 9.89. The summed E-state index contributed by atoms with van der Waals surface area (Å²) in [5.41, 5.74) is 3.23. The van der Waals surface area contributed by atoms with Crippen molar-refractivity contribution >= 4 is 22.5 Å². The van der Waals surface area contributed by atoms with Gasteiger partial charge in [0, 0.05) is 50.0 Å². The highest BCUT2D eigenvalue weighted by molar-refractivity contribution is 5.95. The number of piperidine rings is 1. The van der Waals surface area contributed by atoms with Crippen molar-refractivity contribution in [1.29, 1.82) is 0 Å². The number of amides is 1. The first kappa shape index (κ1) is 19.3. The molecule has 1 amide bonds. The van der Waals surface area contributed by atoms with Crippen LogP contribution in [-0.2, 0) is 0 Å². The molecule has 0 unspecified atom stereocenters. The number of rotatable bonds is 4. The van der Waals surface area contributed by atoms with E-state index in [0.717, 1.165) is 29.8 Å². The Morgan fingerprint density at radius 3 is 2.59 bits per heavy atom. The van der Waals surface area contributed by atoms with Gasteiger partial charge in [0.2, 0.25) is 0 Å². The third kappa shape index (κ3) is 3.67. The van der Waals surface area contributed by atoms with Gasteiger partial charge >= 0.3 is 0 Å². The molecule has 1 N–H and O–H groups in total. The highest BCUT2D eigenvalue weighted by Gasteiger charge is 2.27. The van der Waals surface area contributed by atoms with Crippen LogP contribution < -0.4 is 9.64 Å². The van der Waals surface area contributed by atoms with Crippen LogP contribution in [0.1, 0.15) is 34.7 Å². The van der Waals surface area contributed by atoms with Gasteiger partial charge in [-0.3, -0.25) is 4.79 Å². The van der Waals surface area contributed by atoms with Crippen molar-refractivity contribution in [1.82, 2.24) is 9.88 Å². The summed E-state index contributed by atoms with van der Waals surface area (Å²) >= 11 is 0. The van der Waals surface area contributed by atoms with Crippen molar-refractivity contribution in [3.8, 4) is 5.75 Å². The van der Waals surface area contributed by atoms with Crippen LogP contribution in [0.5, 0.6) is 5.75 Å². The van der Waals surface area contributed by atoms with Crippen LogP contribution in [0.25, 0.3) is 10.9 Å². The molecule has 152 valence electrons. The molecular weight excluding hydrogens is 369 g/mol. The molecule has 1 saturated heterocycles. The number of aromatic nitrogens is 1. The van der Waals surface area contributed by atoms with Gasteiger partial charge in [-0.25, -0.2) is 4.39 Å². The Kier molecular flexibility index (Phi) is 5.18. The van der Waals surface area contributed by atoms with Crippen molar-refractivity contribution in [3.63, 3.8) is 0 Å². The monoisotopic (exact) mass is 395 g/mol. The summed E-state index contributed by atoms with van der Waals surface area (Å²) in [4.78, 5) is 19.8. The number of carbonyl (C=O) groups excluding carboxylic acids is 1. The standard InChI is InChI=1S/C23H26FN3O2/c1-26(2)16-4-6-18(21(24)12-16)23(28)27-10-8-15(9-11-27)20-14-25-22-7-5-17(29-3)13-19(20)22/h4-7,12-15,25H,8-11H2,1-3H3. The Hall–Kier alpha value is -3.02. The highest BCUT2D eigenvalue weighted by Crippen LogP contribution is 2.35. The molecule has 2 aromatic carbocycles. The summed E-state index contributed by atoms with van der Waals surface area (Å²) in [6, 6.07) is 10.8. The molecule has 3 aromatic rings. The topological polar surface area (TPSA) is 48.6 Å². The summed E-state index contributed by atoms with van der Waals surface area (Å²) in [5.74, 6) is 0.502. The first-order valence-electron chi connectivity index (χ1n) is 9.89. The number of fused-ring (bicyclic) bond motifs is 1. The minimum absolute atomic E-state index is 0.144. The average molecular weight is 395 g/mol. The Bertz CT molecular complexity index is 1040. The summed E-state index contributed by atoms with van der Waals surface area (Å²) in [7, 11) is 5.37. The Morgan fingerprint density at radius 1 is 1.17 bits per heavy atom. The number of nitrogens with zero attached hydrogens (tertiary/aromatic N) is 2. The molecule has 0 radical (unpaired) electrons. The fraction of sp³-hybridized carbons (Fsp3) is 0.348. The van der Waals surface area contributed by atoms with E-state index in [1.54, 1.807) is 24.1 Å². The molecule has 1 fully saturated rings. The SMILES string of the molecule is COc1ccc2[nH]cc(C3CCN(C(=O)c4ccc(N(C)C)cc4F)CC3)c2c1. The minimum atomic E-state index is -0.466.